The molecule has 29 heavy (non-hydrogen) atoms. The lowest BCUT2D eigenvalue weighted by Crippen LogP contribution is -2.73. The summed E-state index contributed by atoms with van der Waals surface area (Å²) in [6.45, 7) is 11.0. The van der Waals surface area contributed by atoms with E-state index < -0.39 is 23.4 Å². The first kappa shape index (κ1) is 18.6. The molecule has 2 aliphatic heterocycles. The monoisotopic (exact) mass is 400 g/mol. The second-order valence-corrected chi connectivity index (χ2v) is 10.7. The summed E-state index contributed by atoms with van der Waals surface area (Å²) >= 11 is 0. The van der Waals surface area contributed by atoms with E-state index >= 15 is 0 Å². The van der Waals surface area contributed by atoms with Crippen LogP contribution < -0.4 is 0 Å². The van der Waals surface area contributed by atoms with Gasteiger partial charge < -0.3 is 19.3 Å². The Morgan fingerprint density at radius 2 is 1.93 bits per heavy atom. The number of fused-ring (bicyclic) bond motifs is 3. The second-order valence-electron chi connectivity index (χ2n) is 10.7. The zero-order chi connectivity index (χ0) is 20.3. The topological polar surface area (TPSA) is 65.0 Å². The van der Waals surface area contributed by atoms with Crippen LogP contribution in [0.5, 0.6) is 0 Å². The van der Waals surface area contributed by atoms with Crippen molar-refractivity contribution in [2.45, 2.75) is 77.0 Å². The lowest BCUT2D eigenvalue weighted by atomic mass is 9.46. The van der Waals surface area contributed by atoms with Gasteiger partial charge in [0.05, 0.1) is 30.0 Å². The Balaban J connectivity index is 1.57. The van der Waals surface area contributed by atoms with Crippen LogP contribution in [0, 0.1) is 35.0 Å². The molecule has 158 valence electrons. The molecular formula is C24H32O5. The number of allylic oxidation sites excluding steroid dienone is 2. The fourth-order valence-corrected chi connectivity index (χ4v) is 8.12. The molecule has 0 aromatic carbocycles. The molecule has 2 bridgehead atoms. The van der Waals surface area contributed by atoms with E-state index in [0.29, 0.717) is 11.5 Å². The molecule has 6 rings (SSSR count). The predicted molar refractivity (Wildman–Crippen MR) is 106 cm³/mol. The van der Waals surface area contributed by atoms with E-state index in [9.17, 15) is 9.90 Å². The third-order valence-corrected chi connectivity index (χ3v) is 8.97. The fraction of sp³-hybridized carbons (Fsp3) is 0.792. The van der Waals surface area contributed by atoms with Crippen LogP contribution in [0.3, 0.4) is 0 Å². The largest absolute Gasteiger partial charge is 0.498 e. The average molecular weight is 401 g/mol. The normalized spacial score (nSPS) is 52.4. The van der Waals surface area contributed by atoms with E-state index in [1.807, 2.05) is 13.8 Å². The van der Waals surface area contributed by atoms with Crippen LogP contribution in [-0.2, 0) is 19.0 Å². The molecular weight excluding hydrogens is 368 g/mol. The molecule has 5 nitrogen and oxygen atoms in total. The maximum atomic E-state index is 13.8. The number of carbonyl (C=O) groups is 1. The van der Waals surface area contributed by atoms with Crippen molar-refractivity contribution >= 4 is 5.78 Å². The van der Waals surface area contributed by atoms with E-state index in [1.165, 1.54) is 5.57 Å². The first-order chi connectivity index (χ1) is 13.8. The molecule has 2 heterocycles. The Morgan fingerprint density at radius 1 is 1.17 bits per heavy atom. The summed E-state index contributed by atoms with van der Waals surface area (Å²) in [6, 6.07) is 0. The molecule has 4 fully saturated rings. The molecule has 0 radical (unpaired) electrons. The molecule has 0 amide bonds. The van der Waals surface area contributed by atoms with Crippen LogP contribution in [0.1, 0.15) is 52.9 Å². The van der Waals surface area contributed by atoms with Crippen molar-refractivity contribution in [3.05, 3.63) is 23.5 Å². The van der Waals surface area contributed by atoms with Gasteiger partial charge in [-0.25, -0.2) is 0 Å². The number of Topliss-reactive ketones (excluding diaryl/α,β-unsaturated/α-hetero) is 1. The zero-order valence-corrected chi connectivity index (χ0v) is 17.6. The van der Waals surface area contributed by atoms with Crippen LogP contribution in [-0.4, -0.2) is 41.6 Å². The molecule has 1 spiro atoms. The molecule has 4 aliphatic carbocycles. The molecule has 9 unspecified atom stereocenters. The predicted octanol–water partition coefficient (Wildman–Crippen LogP) is 3.37. The van der Waals surface area contributed by atoms with Crippen molar-refractivity contribution < 1.29 is 24.1 Å². The molecule has 3 saturated carbocycles. The minimum Gasteiger partial charge on any atom is -0.498 e. The first-order valence-corrected chi connectivity index (χ1v) is 11.4. The third-order valence-electron chi connectivity index (χ3n) is 8.97. The van der Waals surface area contributed by atoms with E-state index in [-0.39, 0.29) is 35.6 Å². The Bertz CT molecular complexity index is 827. The highest BCUT2D eigenvalue weighted by Gasteiger charge is 2.77. The Morgan fingerprint density at radius 3 is 2.72 bits per heavy atom. The SMILES string of the molecule is C=C1C(=O)C23C4CCC1C2OC(C)(C)OC3C(O)C1C(C)CC2=C(OCCC2)C14. The summed E-state index contributed by atoms with van der Waals surface area (Å²) in [5.41, 5.74) is 1.26. The van der Waals surface area contributed by atoms with Gasteiger partial charge >= 0.3 is 0 Å². The van der Waals surface area contributed by atoms with Crippen LogP contribution in [0.15, 0.2) is 23.5 Å². The van der Waals surface area contributed by atoms with Crippen molar-refractivity contribution in [2.75, 3.05) is 6.61 Å². The third kappa shape index (κ3) is 2.10. The van der Waals surface area contributed by atoms with Crippen LogP contribution in [0.25, 0.3) is 0 Å². The lowest BCUT2D eigenvalue weighted by Gasteiger charge is -2.64. The maximum absolute atomic E-state index is 13.8. The maximum Gasteiger partial charge on any atom is 0.170 e. The van der Waals surface area contributed by atoms with Gasteiger partial charge in [-0.05, 0) is 68.9 Å². The number of ether oxygens (including phenoxy) is 3. The number of aliphatic hydroxyl groups excluding tert-OH is 1. The Kier molecular flexibility index (Phi) is 3.68. The zero-order valence-electron chi connectivity index (χ0n) is 17.6. The standard InChI is InChI=1S/C24H32O5/c1-11-10-13-6-5-9-27-19(13)17-15-8-7-14-12(2)20(26)24(15)21(14)28-23(3,4)29-22(24)18(25)16(11)17/h11,14-18,21-22,25H,2,5-10H2,1,3-4H3. The minimum absolute atomic E-state index is 0.0370. The van der Waals surface area contributed by atoms with Gasteiger partial charge in [0, 0.05) is 17.8 Å². The van der Waals surface area contributed by atoms with E-state index in [2.05, 4.69) is 13.5 Å². The van der Waals surface area contributed by atoms with Crippen molar-refractivity contribution in [3.63, 3.8) is 0 Å². The van der Waals surface area contributed by atoms with Crippen molar-refractivity contribution in [1.82, 2.24) is 0 Å². The van der Waals surface area contributed by atoms with Crippen molar-refractivity contribution in [1.29, 1.82) is 0 Å². The van der Waals surface area contributed by atoms with Gasteiger partial charge in [-0.2, -0.15) is 0 Å². The highest BCUT2D eigenvalue weighted by molar-refractivity contribution is 6.04. The second kappa shape index (κ2) is 5.74. The Labute approximate surface area is 172 Å². The number of ketones is 1. The number of carbonyl (C=O) groups excluding carboxylic acids is 1. The molecule has 1 N–H and O–H groups in total. The highest BCUT2D eigenvalue weighted by Crippen LogP contribution is 2.69. The van der Waals surface area contributed by atoms with Crippen LogP contribution >= 0.6 is 0 Å². The molecule has 5 heteroatoms. The molecule has 9 atom stereocenters. The number of hydrogen-bond donors (Lipinski definition) is 1. The van der Waals surface area contributed by atoms with E-state index in [0.717, 1.165) is 44.5 Å². The molecule has 0 aromatic heterocycles. The number of aliphatic hydroxyl groups is 1. The van der Waals surface area contributed by atoms with Crippen molar-refractivity contribution in [2.24, 2.45) is 35.0 Å². The minimum atomic E-state index is -0.827. The number of hydrogen-bond acceptors (Lipinski definition) is 5. The quantitative estimate of drug-likeness (QED) is 0.632. The summed E-state index contributed by atoms with van der Waals surface area (Å²) in [7, 11) is 0. The van der Waals surface area contributed by atoms with Crippen LogP contribution in [0.2, 0.25) is 0 Å². The van der Waals surface area contributed by atoms with Gasteiger partial charge in [-0.1, -0.05) is 13.5 Å². The highest BCUT2D eigenvalue weighted by atomic mass is 16.7. The lowest BCUT2D eigenvalue weighted by molar-refractivity contribution is -0.386. The van der Waals surface area contributed by atoms with Gasteiger partial charge in [0.25, 0.3) is 0 Å². The van der Waals surface area contributed by atoms with Gasteiger partial charge in [-0.15, -0.1) is 0 Å². The van der Waals surface area contributed by atoms with Gasteiger partial charge in [0.1, 0.15) is 6.10 Å². The molecule has 6 aliphatic rings. The summed E-state index contributed by atoms with van der Waals surface area (Å²) in [6.07, 6.45) is 3.48. The van der Waals surface area contributed by atoms with Crippen molar-refractivity contribution in [3.8, 4) is 0 Å². The van der Waals surface area contributed by atoms with E-state index in [1.54, 1.807) is 0 Å². The van der Waals surface area contributed by atoms with Gasteiger partial charge in [-0.3, -0.25) is 4.79 Å². The Hall–Kier alpha value is -1.17. The first-order valence-electron chi connectivity index (χ1n) is 11.4. The molecule has 1 saturated heterocycles. The molecule has 0 aromatic rings. The van der Waals surface area contributed by atoms with Gasteiger partial charge in [0.2, 0.25) is 0 Å². The average Bonchev–Trinajstić information content (AvgIpc) is 2.80. The summed E-state index contributed by atoms with van der Waals surface area (Å²) in [4.78, 5) is 13.8. The summed E-state index contributed by atoms with van der Waals surface area (Å²) < 4.78 is 19.1. The van der Waals surface area contributed by atoms with Crippen LogP contribution in [0.4, 0.5) is 0 Å². The summed E-state index contributed by atoms with van der Waals surface area (Å²) in [5, 5.41) is 11.7. The smallest absolute Gasteiger partial charge is 0.170 e. The number of rotatable bonds is 0. The van der Waals surface area contributed by atoms with E-state index in [4.69, 9.17) is 14.2 Å². The fourth-order valence-electron chi connectivity index (χ4n) is 8.12. The summed E-state index contributed by atoms with van der Waals surface area (Å²) in [5.74, 6) is 0.936. The van der Waals surface area contributed by atoms with Gasteiger partial charge in [0.15, 0.2) is 11.6 Å².